The Morgan fingerprint density at radius 1 is 1.19 bits per heavy atom. The Morgan fingerprint density at radius 2 is 1.88 bits per heavy atom. The molecule has 7 heteroatoms. The SMILES string of the molecule is CC1CCc2c(N3CCC(O)CC3)c(F)cc3c2N1C=C(C(=O)O)C3O. The van der Waals surface area contributed by atoms with E-state index in [1.165, 1.54) is 12.3 Å². The Morgan fingerprint density at radius 3 is 2.54 bits per heavy atom. The molecule has 0 bridgehead atoms. The number of hydrogen-bond donors (Lipinski definition) is 3. The van der Waals surface area contributed by atoms with E-state index in [1.54, 1.807) is 0 Å². The van der Waals surface area contributed by atoms with E-state index >= 15 is 4.39 Å². The smallest absolute Gasteiger partial charge is 0.336 e. The lowest BCUT2D eigenvalue weighted by molar-refractivity contribution is -0.133. The van der Waals surface area contributed by atoms with Crippen LogP contribution in [0.1, 0.15) is 43.4 Å². The van der Waals surface area contributed by atoms with Gasteiger partial charge in [-0.1, -0.05) is 0 Å². The third-order valence-electron chi connectivity index (χ3n) is 5.79. The number of carboxylic acid groups (broad SMARTS) is 1. The van der Waals surface area contributed by atoms with Crippen molar-refractivity contribution < 1.29 is 24.5 Å². The zero-order chi connectivity index (χ0) is 18.6. The minimum absolute atomic E-state index is 0.0737. The minimum Gasteiger partial charge on any atom is -0.478 e. The topological polar surface area (TPSA) is 84.2 Å². The van der Waals surface area contributed by atoms with Crippen LogP contribution in [0.3, 0.4) is 0 Å². The third-order valence-corrected chi connectivity index (χ3v) is 5.79. The van der Waals surface area contributed by atoms with Crippen molar-refractivity contribution in [3.63, 3.8) is 0 Å². The van der Waals surface area contributed by atoms with Crippen LogP contribution in [0.5, 0.6) is 0 Å². The summed E-state index contributed by atoms with van der Waals surface area (Å²) < 4.78 is 15.1. The number of halogens is 1. The molecule has 26 heavy (non-hydrogen) atoms. The fraction of sp³-hybridized carbons (Fsp3) is 0.526. The van der Waals surface area contributed by atoms with Crippen LogP contribution < -0.4 is 9.80 Å². The van der Waals surface area contributed by atoms with Gasteiger partial charge in [-0.15, -0.1) is 0 Å². The van der Waals surface area contributed by atoms with Gasteiger partial charge in [0.05, 0.1) is 23.1 Å². The number of aliphatic carboxylic acids is 1. The largest absolute Gasteiger partial charge is 0.478 e. The summed E-state index contributed by atoms with van der Waals surface area (Å²) in [4.78, 5) is 15.3. The molecular formula is C19H23FN2O4. The Bertz CT molecular complexity index is 786. The second kappa shape index (κ2) is 6.25. The molecule has 3 N–H and O–H groups in total. The average Bonchev–Trinajstić information content (AvgIpc) is 2.60. The second-order valence-electron chi connectivity index (χ2n) is 7.43. The van der Waals surface area contributed by atoms with Crippen molar-refractivity contribution in [1.82, 2.24) is 0 Å². The number of rotatable bonds is 2. The molecule has 0 saturated carbocycles. The van der Waals surface area contributed by atoms with Crippen molar-refractivity contribution in [3.05, 3.63) is 34.8 Å². The highest BCUT2D eigenvalue weighted by Gasteiger charge is 2.38. The van der Waals surface area contributed by atoms with Gasteiger partial charge in [0.25, 0.3) is 0 Å². The minimum atomic E-state index is -1.34. The maximum Gasteiger partial charge on any atom is 0.336 e. The first-order valence-corrected chi connectivity index (χ1v) is 9.08. The predicted molar refractivity (Wildman–Crippen MR) is 94.8 cm³/mol. The van der Waals surface area contributed by atoms with Crippen LogP contribution >= 0.6 is 0 Å². The molecule has 4 rings (SSSR count). The van der Waals surface area contributed by atoms with Crippen molar-refractivity contribution >= 4 is 17.3 Å². The molecule has 0 amide bonds. The monoisotopic (exact) mass is 362 g/mol. The number of hydrogen-bond acceptors (Lipinski definition) is 5. The molecule has 0 aliphatic carbocycles. The molecule has 1 aromatic rings. The summed E-state index contributed by atoms with van der Waals surface area (Å²) in [5.41, 5.74) is 2.29. The van der Waals surface area contributed by atoms with E-state index in [0.717, 1.165) is 17.7 Å². The van der Waals surface area contributed by atoms with Crippen molar-refractivity contribution in [2.75, 3.05) is 22.9 Å². The third kappa shape index (κ3) is 2.57. The van der Waals surface area contributed by atoms with E-state index in [9.17, 15) is 20.1 Å². The van der Waals surface area contributed by atoms with Gasteiger partial charge in [-0.05, 0) is 38.7 Å². The Hall–Kier alpha value is -2.12. The van der Waals surface area contributed by atoms with Gasteiger partial charge in [-0.3, -0.25) is 0 Å². The molecule has 2 atom stereocenters. The molecule has 0 aromatic heterocycles. The van der Waals surface area contributed by atoms with E-state index in [1.807, 2.05) is 16.7 Å². The lowest BCUT2D eigenvalue weighted by Gasteiger charge is -2.43. The number of carbonyl (C=O) groups is 1. The molecule has 3 aliphatic rings. The quantitative estimate of drug-likeness (QED) is 0.746. The highest BCUT2D eigenvalue weighted by molar-refractivity contribution is 5.92. The van der Waals surface area contributed by atoms with Crippen LogP contribution in [0, 0.1) is 5.82 Å². The van der Waals surface area contributed by atoms with Gasteiger partial charge in [-0.2, -0.15) is 0 Å². The van der Waals surface area contributed by atoms with Crippen LogP contribution in [0.15, 0.2) is 17.8 Å². The number of piperidine rings is 1. The molecule has 6 nitrogen and oxygen atoms in total. The van der Waals surface area contributed by atoms with Gasteiger partial charge in [0, 0.05) is 36.5 Å². The van der Waals surface area contributed by atoms with Crippen molar-refractivity contribution in [1.29, 1.82) is 0 Å². The molecule has 3 heterocycles. The summed E-state index contributed by atoms with van der Waals surface area (Å²) in [6, 6.07) is 1.36. The first-order valence-electron chi connectivity index (χ1n) is 9.08. The van der Waals surface area contributed by atoms with Crippen LogP contribution in [0.25, 0.3) is 0 Å². The van der Waals surface area contributed by atoms with E-state index in [-0.39, 0.29) is 17.7 Å². The number of aliphatic hydroxyl groups is 2. The summed E-state index contributed by atoms with van der Waals surface area (Å²) in [5.74, 6) is -1.63. The molecule has 3 aliphatic heterocycles. The number of anilines is 2. The predicted octanol–water partition coefficient (Wildman–Crippen LogP) is 1.94. The standard InChI is InChI=1S/C19H23FN2O4/c1-10-2-3-12-16-13(18(24)14(19(25)26)9-22(10)16)8-15(20)17(12)21-6-4-11(23)5-7-21/h8-11,18,23-24H,2-7H2,1H3,(H,25,26). The zero-order valence-corrected chi connectivity index (χ0v) is 14.7. The summed E-state index contributed by atoms with van der Waals surface area (Å²) in [7, 11) is 0. The van der Waals surface area contributed by atoms with Crippen molar-refractivity contribution in [2.45, 2.75) is 50.9 Å². The van der Waals surface area contributed by atoms with Crippen molar-refractivity contribution in [3.8, 4) is 0 Å². The van der Waals surface area contributed by atoms with E-state index < -0.39 is 17.9 Å². The molecule has 0 spiro atoms. The maximum atomic E-state index is 15.1. The molecule has 0 radical (unpaired) electrons. The molecule has 140 valence electrons. The van der Waals surface area contributed by atoms with Crippen LogP contribution in [0.2, 0.25) is 0 Å². The van der Waals surface area contributed by atoms with E-state index in [4.69, 9.17) is 0 Å². The Kier molecular flexibility index (Phi) is 4.16. The van der Waals surface area contributed by atoms with Gasteiger partial charge >= 0.3 is 5.97 Å². The Labute approximate surface area is 151 Å². The molecular weight excluding hydrogens is 339 g/mol. The van der Waals surface area contributed by atoms with Gasteiger partial charge in [0.1, 0.15) is 11.9 Å². The van der Waals surface area contributed by atoms with Crippen molar-refractivity contribution in [2.24, 2.45) is 0 Å². The maximum absolute atomic E-state index is 15.1. The summed E-state index contributed by atoms with van der Waals surface area (Å²) >= 11 is 0. The van der Waals surface area contributed by atoms with Gasteiger partial charge in [0.2, 0.25) is 0 Å². The number of nitrogens with zero attached hydrogens (tertiary/aromatic N) is 2. The Balaban J connectivity index is 1.86. The number of aliphatic hydroxyl groups excluding tert-OH is 2. The van der Waals surface area contributed by atoms with Gasteiger partial charge < -0.3 is 25.1 Å². The molecule has 2 unspecified atom stereocenters. The normalized spacial score (nSPS) is 25.8. The van der Waals surface area contributed by atoms with E-state index in [2.05, 4.69) is 0 Å². The summed E-state index contributed by atoms with van der Waals surface area (Å²) in [6.07, 6.45) is 2.46. The van der Waals surface area contributed by atoms with E-state index in [0.29, 0.717) is 43.6 Å². The van der Waals surface area contributed by atoms with Crippen LogP contribution in [0.4, 0.5) is 15.8 Å². The lowest BCUT2D eigenvalue weighted by atomic mass is 9.85. The molecule has 1 fully saturated rings. The highest BCUT2D eigenvalue weighted by Crippen LogP contribution is 2.48. The van der Waals surface area contributed by atoms with Gasteiger partial charge in [-0.25, -0.2) is 9.18 Å². The first kappa shape index (κ1) is 17.3. The van der Waals surface area contributed by atoms with Crippen LogP contribution in [-0.2, 0) is 11.2 Å². The average molecular weight is 362 g/mol. The summed E-state index contributed by atoms with van der Waals surface area (Å²) in [6.45, 7) is 3.16. The first-order chi connectivity index (χ1) is 12.4. The lowest BCUT2D eigenvalue weighted by Crippen LogP contribution is -2.41. The molecule has 1 saturated heterocycles. The fourth-order valence-electron chi connectivity index (χ4n) is 4.35. The second-order valence-corrected chi connectivity index (χ2v) is 7.43. The number of carboxylic acids is 1. The number of benzene rings is 1. The summed E-state index contributed by atoms with van der Waals surface area (Å²) in [5, 5.41) is 29.6. The van der Waals surface area contributed by atoms with Crippen LogP contribution in [-0.4, -0.2) is 46.5 Å². The fourth-order valence-corrected chi connectivity index (χ4v) is 4.35. The van der Waals surface area contributed by atoms with Gasteiger partial charge in [0.15, 0.2) is 0 Å². The molecule has 1 aromatic carbocycles. The highest BCUT2D eigenvalue weighted by atomic mass is 19.1. The zero-order valence-electron chi connectivity index (χ0n) is 14.7.